The topological polar surface area (TPSA) is 64.6 Å². The van der Waals surface area contributed by atoms with E-state index in [1.807, 2.05) is 12.1 Å². The van der Waals surface area contributed by atoms with E-state index in [4.69, 9.17) is 32.7 Å². The van der Waals surface area contributed by atoms with Crippen LogP contribution >= 0.6 is 23.2 Å². The summed E-state index contributed by atoms with van der Waals surface area (Å²) in [6, 6.07) is 8.83. The maximum absolute atomic E-state index is 12.4. The molecule has 25 heavy (non-hydrogen) atoms. The smallest absolute Gasteiger partial charge is 0.350 e. The Morgan fingerprint density at radius 2 is 1.96 bits per heavy atom. The number of ether oxygens (including phenoxy) is 2. The maximum Gasteiger partial charge on any atom is 0.350 e. The van der Waals surface area contributed by atoms with E-state index in [2.05, 4.69) is 15.1 Å². The van der Waals surface area contributed by atoms with Gasteiger partial charge in [0.05, 0.1) is 24.0 Å². The molecule has 0 aliphatic carbocycles. The number of aromatic nitrogens is 2. The van der Waals surface area contributed by atoms with Crippen LogP contribution in [0.2, 0.25) is 10.2 Å². The molecule has 1 aromatic carbocycles. The van der Waals surface area contributed by atoms with E-state index in [0.29, 0.717) is 41.9 Å². The molecule has 0 spiro atoms. The molecule has 8 heteroatoms. The lowest BCUT2D eigenvalue weighted by Crippen LogP contribution is -2.54. The van der Waals surface area contributed by atoms with Gasteiger partial charge in [-0.15, -0.1) is 5.10 Å². The van der Waals surface area contributed by atoms with E-state index in [0.717, 1.165) is 5.69 Å². The Labute approximate surface area is 155 Å². The Morgan fingerprint density at radius 1 is 1.24 bits per heavy atom. The number of esters is 1. The van der Waals surface area contributed by atoms with Crippen molar-refractivity contribution < 1.29 is 14.3 Å². The zero-order valence-electron chi connectivity index (χ0n) is 13.6. The molecule has 0 N–H and O–H groups in total. The number of nitrogens with zero attached hydrogens (tertiary/aromatic N) is 3. The second-order valence-electron chi connectivity index (χ2n) is 5.74. The summed E-state index contributed by atoms with van der Waals surface area (Å²) < 4.78 is 11.0. The summed E-state index contributed by atoms with van der Waals surface area (Å²) in [7, 11) is 1.36. The van der Waals surface area contributed by atoms with Crippen LogP contribution < -0.4 is 9.64 Å². The van der Waals surface area contributed by atoms with Crippen molar-refractivity contribution in [2.24, 2.45) is 0 Å². The van der Waals surface area contributed by atoms with E-state index in [9.17, 15) is 4.79 Å². The molecule has 132 valence electrons. The quantitative estimate of drug-likeness (QED) is 0.756. The number of rotatable bonds is 4. The van der Waals surface area contributed by atoms with Crippen LogP contribution in [0, 0.1) is 0 Å². The van der Waals surface area contributed by atoms with Crippen molar-refractivity contribution in [2.75, 3.05) is 25.1 Å². The van der Waals surface area contributed by atoms with Crippen molar-refractivity contribution in [1.82, 2.24) is 10.2 Å². The van der Waals surface area contributed by atoms with Crippen LogP contribution in [0.4, 0.5) is 5.69 Å². The molecule has 1 fully saturated rings. The van der Waals surface area contributed by atoms with Crippen LogP contribution in [-0.4, -0.2) is 42.0 Å². The van der Waals surface area contributed by atoms with Gasteiger partial charge < -0.3 is 14.4 Å². The molecule has 0 bridgehead atoms. The van der Waals surface area contributed by atoms with Gasteiger partial charge >= 0.3 is 5.97 Å². The molecule has 0 saturated carbocycles. The lowest BCUT2D eigenvalue weighted by Gasteiger charge is -2.40. The first-order valence-corrected chi connectivity index (χ1v) is 8.55. The van der Waals surface area contributed by atoms with Crippen LogP contribution in [0.1, 0.15) is 12.8 Å². The molecule has 0 atom stereocenters. The van der Waals surface area contributed by atoms with Crippen LogP contribution in [0.15, 0.2) is 36.5 Å². The predicted octanol–water partition coefficient (Wildman–Crippen LogP) is 3.37. The Hall–Kier alpha value is -2.05. The molecular weight excluding hydrogens is 365 g/mol. The molecule has 3 rings (SSSR count). The number of hydrogen-bond donors (Lipinski definition) is 0. The molecule has 0 unspecified atom stereocenters. The monoisotopic (exact) mass is 381 g/mol. The van der Waals surface area contributed by atoms with Crippen molar-refractivity contribution in [3.8, 4) is 5.75 Å². The summed E-state index contributed by atoms with van der Waals surface area (Å²) in [5.74, 6) is 0.0644. The van der Waals surface area contributed by atoms with Gasteiger partial charge in [0.2, 0.25) is 5.60 Å². The highest BCUT2D eigenvalue weighted by Crippen LogP contribution is 2.35. The van der Waals surface area contributed by atoms with E-state index in [1.165, 1.54) is 7.11 Å². The summed E-state index contributed by atoms with van der Waals surface area (Å²) >= 11 is 12.1. The molecular formula is C17H17Cl2N3O3. The second-order valence-corrected chi connectivity index (χ2v) is 6.54. The van der Waals surface area contributed by atoms with E-state index in [-0.39, 0.29) is 0 Å². The minimum absolute atomic E-state index is 0.328. The lowest BCUT2D eigenvalue weighted by atomic mass is 9.90. The highest BCUT2D eigenvalue weighted by Gasteiger charge is 2.45. The first-order chi connectivity index (χ1) is 12.0. The number of para-hydroxylation sites is 1. The summed E-state index contributed by atoms with van der Waals surface area (Å²) in [5, 5.41) is 8.39. The van der Waals surface area contributed by atoms with Crippen LogP contribution in [0.5, 0.6) is 5.75 Å². The van der Waals surface area contributed by atoms with E-state index >= 15 is 0 Å². The fourth-order valence-corrected chi connectivity index (χ4v) is 3.23. The van der Waals surface area contributed by atoms with Gasteiger partial charge in [-0.2, -0.15) is 5.10 Å². The van der Waals surface area contributed by atoms with Gasteiger partial charge in [0.1, 0.15) is 5.75 Å². The largest absolute Gasteiger partial charge is 0.474 e. The summed E-state index contributed by atoms with van der Waals surface area (Å²) in [5.41, 5.74) is -0.211. The number of carbonyl (C=O) groups excluding carboxylic acids is 1. The number of halogens is 2. The molecule has 1 aliphatic heterocycles. The van der Waals surface area contributed by atoms with Crippen molar-refractivity contribution in [1.29, 1.82) is 0 Å². The predicted molar refractivity (Wildman–Crippen MR) is 95.3 cm³/mol. The average molecular weight is 382 g/mol. The van der Waals surface area contributed by atoms with Crippen LogP contribution in [-0.2, 0) is 9.53 Å². The number of benzene rings is 1. The van der Waals surface area contributed by atoms with Crippen LogP contribution in [0.25, 0.3) is 0 Å². The van der Waals surface area contributed by atoms with E-state index in [1.54, 1.807) is 24.4 Å². The summed E-state index contributed by atoms with van der Waals surface area (Å²) in [4.78, 5) is 14.5. The lowest BCUT2D eigenvalue weighted by molar-refractivity contribution is -0.161. The number of carbonyl (C=O) groups is 1. The number of piperidine rings is 1. The summed E-state index contributed by atoms with van der Waals surface area (Å²) in [6.45, 7) is 1.17. The number of hydrogen-bond acceptors (Lipinski definition) is 6. The van der Waals surface area contributed by atoms with Gasteiger partial charge in [-0.25, -0.2) is 4.79 Å². The molecule has 2 aromatic rings. The van der Waals surface area contributed by atoms with Gasteiger partial charge in [0, 0.05) is 32.0 Å². The standard InChI is InChI=1S/C17H17Cl2N3O3/c1-24-16(23)17(25-14-5-3-2-4-13(14)18)6-8-22(9-7-17)12-10-15(19)21-20-11-12/h2-5,10-11H,6-9H2,1H3. The molecule has 6 nitrogen and oxygen atoms in total. The third-order valence-electron chi connectivity index (χ3n) is 4.25. The SMILES string of the molecule is COC(=O)C1(Oc2ccccc2Cl)CCN(c2cnnc(Cl)c2)CC1. The van der Waals surface area contributed by atoms with Crippen LogP contribution in [0.3, 0.4) is 0 Å². The minimum Gasteiger partial charge on any atom is -0.474 e. The van der Waals surface area contributed by atoms with Gasteiger partial charge in [0.15, 0.2) is 5.15 Å². The molecule has 1 aliphatic rings. The second kappa shape index (κ2) is 7.45. The maximum atomic E-state index is 12.4. The molecule has 0 radical (unpaired) electrons. The van der Waals surface area contributed by atoms with Crippen molar-refractivity contribution in [2.45, 2.75) is 18.4 Å². The van der Waals surface area contributed by atoms with Gasteiger partial charge in [-0.05, 0) is 12.1 Å². The number of methoxy groups -OCH3 is 1. The fraction of sp³-hybridized carbons (Fsp3) is 0.353. The first-order valence-electron chi connectivity index (χ1n) is 7.79. The molecule has 1 saturated heterocycles. The minimum atomic E-state index is -1.07. The zero-order chi connectivity index (χ0) is 17.9. The van der Waals surface area contributed by atoms with Crippen molar-refractivity contribution in [3.05, 3.63) is 46.7 Å². The van der Waals surface area contributed by atoms with Gasteiger partial charge in [0.25, 0.3) is 0 Å². The molecule has 2 heterocycles. The third-order valence-corrected chi connectivity index (χ3v) is 4.74. The highest BCUT2D eigenvalue weighted by atomic mass is 35.5. The molecule has 0 amide bonds. The Balaban J connectivity index is 1.80. The zero-order valence-corrected chi connectivity index (χ0v) is 15.1. The van der Waals surface area contributed by atoms with Crippen molar-refractivity contribution in [3.63, 3.8) is 0 Å². The van der Waals surface area contributed by atoms with Gasteiger partial charge in [-0.3, -0.25) is 0 Å². The van der Waals surface area contributed by atoms with Crippen molar-refractivity contribution >= 4 is 34.9 Å². The molecule has 1 aromatic heterocycles. The first kappa shape index (κ1) is 17.8. The normalized spacial score (nSPS) is 16.4. The highest BCUT2D eigenvalue weighted by molar-refractivity contribution is 6.32. The van der Waals surface area contributed by atoms with E-state index < -0.39 is 11.6 Å². The van der Waals surface area contributed by atoms with Gasteiger partial charge in [-0.1, -0.05) is 35.3 Å². The number of anilines is 1. The fourth-order valence-electron chi connectivity index (χ4n) is 2.90. The Bertz CT molecular complexity index is 764. The Kier molecular flexibility index (Phi) is 5.30. The summed E-state index contributed by atoms with van der Waals surface area (Å²) in [6.07, 6.45) is 2.54. The third kappa shape index (κ3) is 3.80. The average Bonchev–Trinajstić information content (AvgIpc) is 2.63. The Morgan fingerprint density at radius 3 is 2.60 bits per heavy atom.